The molecule has 0 aromatic heterocycles. The van der Waals surface area contributed by atoms with Gasteiger partial charge in [0.25, 0.3) is 0 Å². The molecule has 1 nitrogen and oxygen atoms in total. The number of aryl methyl sites for hydroxylation is 1. The van der Waals surface area contributed by atoms with Crippen molar-refractivity contribution in [2.24, 2.45) is 0 Å². The highest BCUT2D eigenvalue weighted by molar-refractivity contribution is 8.00. The van der Waals surface area contributed by atoms with Gasteiger partial charge in [0.05, 0.1) is 11.7 Å². The number of halogens is 4. The van der Waals surface area contributed by atoms with Gasteiger partial charge in [0.15, 0.2) is 0 Å². The van der Waals surface area contributed by atoms with Gasteiger partial charge in [-0.3, -0.25) is 0 Å². The molecule has 31 heavy (non-hydrogen) atoms. The molecule has 0 saturated carbocycles. The van der Waals surface area contributed by atoms with Crippen LogP contribution in [-0.2, 0) is 6.42 Å². The quantitative estimate of drug-likeness (QED) is 0.223. The number of rotatable bonds is 9. The van der Waals surface area contributed by atoms with Crippen molar-refractivity contribution in [3.05, 3.63) is 94.3 Å². The molecule has 3 rings (SSSR count). The van der Waals surface area contributed by atoms with Gasteiger partial charge in [0.1, 0.15) is 17.5 Å². The smallest absolute Gasteiger partial charge is 0.147 e. The van der Waals surface area contributed by atoms with Crippen LogP contribution in [0.5, 0.6) is 0 Å². The zero-order valence-corrected chi connectivity index (χ0v) is 19.6. The molecule has 0 aliphatic carbocycles. The lowest BCUT2D eigenvalue weighted by molar-refractivity contribution is 0.596. The molecule has 0 aliphatic rings. The van der Waals surface area contributed by atoms with Crippen LogP contribution in [0.1, 0.15) is 31.0 Å². The molecule has 164 valence electrons. The minimum atomic E-state index is -0.528. The topological polar surface area (TPSA) is 3.24 Å². The van der Waals surface area contributed by atoms with E-state index in [1.165, 1.54) is 30.1 Å². The fraction of sp³-hybridized carbons (Fsp3) is 0.250. The molecular weight excluding hydrogens is 459 g/mol. The first kappa shape index (κ1) is 23.9. The van der Waals surface area contributed by atoms with Gasteiger partial charge < -0.3 is 4.31 Å². The number of hydrogen-bond donors (Lipinski definition) is 0. The summed E-state index contributed by atoms with van der Waals surface area (Å²) in [7, 11) is 0. The van der Waals surface area contributed by atoms with Crippen LogP contribution in [0.4, 0.5) is 18.9 Å². The molecule has 0 aliphatic heterocycles. The fourth-order valence-electron chi connectivity index (χ4n) is 3.25. The monoisotopic (exact) mass is 481 g/mol. The second-order valence-electron chi connectivity index (χ2n) is 6.93. The van der Waals surface area contributed by atoms with Crippen LogP contribution >= 0.6 is 35.3 Å². The molecule has 0 saturated heterocycles. The highest BCUT2D eigenvalue weighted by atomic mass is 35.5. The van der Waals surface area contributed by atoms with Gasteiger partial charge in [0.2, 0.25) is 0 Å². The number of anilines is 1. The van der Waals surface area contributed by atoms with E-state index in [2.05, 4.69) is 6.92 Å². The summed E-state index contributed by atoms with van der Waals surface area (Å²) in [4.78, 5) is 0.824. The first-order chi connectivity index (χ1) is 14.9. The maximum absolute atomic E-state index is 14.8. The Morgan fingerprint density at radius 2 is 1.61 bits per heavy atom. The van der Waals surface area contributed by atoms with Crippen LogP contribution in [0, 0.1) is 17.5 Å². The molecule has 0 radical (unpaired) electrons. The molecule has 0 N–H and O–H groups in total. The van der Waals surface area contributed by atoms with E-state index >= 15 is 0 Å². The highest BCUT2D eigenvalue weighted by Crippen LogP contribution is 2.40. The zero-order valence-electron chi connectivity index (χ0n) is 17.2. The summed E-state index contributed by atoms with van der Waals surface area (Å²) < 4.78 is 44.5. The Morgan fingerprint density at radius 3 is 2.32 bits per heavy atom. The average Bonchev–Trinajstić information content (AvgIpc) is 2.75. The molecule has 0 fully saturated rings. The molecular formula is C24H23ClF3NS2. The predicted octanol–water partition coefficient (Wildman–Crippen LogP) is 8.33. The Hall–Kier alpha value is -1.76. The Bertz CT molecular complexity index is 1010. The summed E-state index contributed by atoms with van der Waals surface area (Å²) in [5.41, 5.74) is 1.88. The molecule has 0 amide bonds. The van der Waals surface area contributed by atoms with Crippen molar-refractivity contribution >= 4 is 41.0 Å². The van der Waals surface area contributed by atoms with Crippen LogP contribution in [0.15, 0.2) is 65.6 Å². The summed E-state index contributed by atoms with van der Waals surface area (Å²) in [6, 6.07) is 14.9. The van der Waals surface area contributed by atoms with Crippen LogP contribution in [0.2, 0.25) is 5.02 Å². The van der Waals surface area contributed by atoms with Crippen LogP contribution < -0.4 is 4.31 Å². The van der Waals surface area contributed by atoms with Gasteiger partial charge in [-0.15, -0.1) is 0 Å². The Morgan fingerprint density at radius 1 is 0.935 bits per heavy atom. The van der Waals surface area contributed by atoms with E-state index in [0.29, 0.717) is 11.4 Å². The van der Waals surface area contributed by atoms with E-state index in [4.69, 9.17) is 11.6 Å². The van der Waals surface area contributed by atoms with Gasteiger partial charge in [-0.2, -0.15) is 11.8 Å². The molecule has 0 spiro atoms. The van der Waals surface area contributed by atoms with Gasteiger partial charge in [-0.25, -0.2) is 13.2 Å². The summed E-state index contributed by atoms with van der Waals surface area (Å²) in [6.45, 7) is 3.99. The van der Waals surface area contributed by atoms with E-state index in [9.17, 15) is 13.2 Å². The first-order valence-corrected chi connectivity index (χ1v) is 12.2. The summed E-state index contributed by atoms with van der Waals surface area (Å²) in [5, 5.41) is 0.593. The van der Waals surface area contributed by atoms with Crippen LogP contribution in [-0.4, -0.2) is 11.5 Å². The Kier molecular flexibility index (Phi) is 8.64. The molecule has 0 bridgehead atoms. The van der Waals surface area contributed by atoms with Crippen LogP contribution in [0.3, 0.4) is 0 Å². The average molecular weight is 482 g/mol. The lowest BCUT2D eigenvalue weighted by Gasteiger charge is -2.32. The molecule has 1 unspecified atom stereocenters. The van der Waals surface area contributed by atoms with Gasteiger partial charge in [0, 0.05) is 16.0 Å². The Labute approximate surface area is 195 Å². The molecule has 1 atom stereocenters. The Balaban J connectivity index is 2.02. The normalized spacial score (nSPS) is 12.1. The first-order valence-electron chi connectivity index (χ1n) is 9.93. The third-order valence-electron chi connectivity index (χ3n) is 4.79. The maximum Gasteiger partial charge on any atom is 0.147 e. The van der Waals surface area contributed by atoms with Crippen LogP contribution in [0.25, 0.3) is 0 Å². The van der Waals surface area contributed by atoms with E-state index in [1.54, 1.807) is 34.3 Å². The number of hydrogen-bond acceptors (Lipinski definition) is 3. The van der Waals surface area contributed by atoms with Crippen molar-refractivity contribution in [2.75, 3.05) is 15.8 Å². The molecule has 7 heteroatoms. The molecule has 3 aromatic rings. The summed E-state index contributed by atoms with van der Waals surface area (Å²) >= 11 is 9.06. The van der Waals surface area contributed by atoms with Crippen molar-refractivity contribution < 1.29 is 13.2 Å². The molecule has 3 aromatic carbocycles. The minimum absolute atomic E-state index is 0.130. The van der Waals surface area contributed by atoms with Crippen molar-refractivity contribution in [3.63, 3.8) is 0 Å². The number of nitrogens with zero attached hydrogens (tertiary/aromatic N) is 1. The standard InChI is InChI=1S/C24H23ClF3NS2/c1-3-30-13-12-17-14-19(26)6-10-22(17)16(2)29(24-15-20(27)7-11-23(24)28)31-21-8-4-18(25)5-9-21/h4-11,14-16H,3,12-13H2,1-2H3. The summed E-state index contributed by atoms with van der Waals surface area (Å²) in [6.07, 6.45) is 0.695. The SMILES string of the molecule is CCSCCc1cc(F)ccc1C(C)N(Sc1ccc(Cl)cc1)c1cc(F)ccc1F. The van der Waals surface area contributed by atoms with E-state index in [-0.39, 0.29) is 17.5 Å². The fourth-order valence-corrected chi connectivity index (χ4v) is 5.03. The minimum Gasteiger partial charge on any atom is -0.302 e. The van der Waals surface area contributed by atoms with Crippen molar-refractivity contribution in [1.82, 2.24) is 0 Å². The van der Waals surface area contributed by atoms with Crippen molar-refractivity contribution in [1.29, 1.82) is 0 Å². The lowest BCUT2D eigenvalue weighted by atomic mass is 9.99. The van der Waals surface area contributed by atoms with Gasteiger partial charge in [-0.05, 0) is 96.5 Å². The maximum atomic E-state index is 14.8. The third-order valence-corrected chi connectivity index (χ3v) is 7.14. The van der Waals surface area contributed by atoms with Crippen molar-refractivity contribution in [3.8, 4) is 0 Å². The van der Waals surface area contributed by atoms with Gasteiger partial charge >= 0.3 is 0 Å². The largest absolute Gasteiger partial charge is 0.302 e. The second-order valence-corrected chi connectivity index (χ2v) is 9.81. The molecule has 0 heterocycles. The number of thioether (sulfide) groups is 1. The summed E-state index contributed by atoms with van der Waals surface area (Å²) in [5.74, 6) is 0.483. The number of benzene rings is 3. The van der Waals surface area contributed by atoms with E-state index in [0.717, 1.165) is 39.7 Å². The van der Waals surface area contributed by atoms with Crippen molar-refractivity contribution in [2.45, 2.75) is 31.2 Å². The third kappa shape index (κ3) is 6.37. The predicted molar refractivity (Wildman–Crippen MR) is 128 cm³/mol. The highest BCUT2D eigenvalue weighted by Gasteiger charge is 2.24. The van der Waals surface area contributed by atoms with E-state index < -0.39 is 11.6 Å². The van der Waals surface area contributed by atoms with E-state index in [1.807, 2.05) is 19.1 Å². The zero-order chi connectivity index (χ0) is 22.4. The second kappa shape index (κ2) is 11.2. The lowest BCUT2D eigenvalue weighted by Crippen LogP contribution is -2.22. The van der Waals surface area contributed by atoms with Gasteiger partial charge in [-0.1, -0.05) is 24.6 Å².